The Morgan fingerprint density at radius 1 is 1.29 bits per heavy atom. The molecule has 1 aliphatic carbocycles. The van der Waals surface area contributed by atoms with Gasteiger partial charge in [0, 0.05) is 5.69 Å². The maximum Gasteiger partial charge on any atom is 0.123 e. The molecule has 0 bridgehead atoms. The summed E-state index contributed by atoms with van der Waals surface area (Å²) in [4.78, 5) is 7.97. The van der Waals surface area contributed by atoms with Crippen LogP contribution in [0.15, 0.2) is 0 Å². The lowest BCUT2D eigenvalue weighted by molar-refractivity contribution is 0.493. The third-order valence-electron chi connectivity index (χ3n) is 3.01. The normalized spacial score (nSPS) is 18.3. The molecular formula is C11H19N3. The van der Waals surface area contributed by atoms with Gasteiger partial charge in [0.25, 0.3) is 0 Å². The zero-order valence-corrected chi connectivity index (χ0v) is 9.01. The molecule has 0 amide bonds. The third kappa shape index (κ3) is 1.69. The quantitative estimate of drug-likeness (QED) is 0.754. The van der Waals surface area contributed by atoms with Crippen LogP contribution in [0.3, 0.4) is 0 Å². The number of imidazole rings is 1. The maximum absolute atomic E-state index is 6.06. The molecule has 78 valence electrons. The molecule has 0 spiro atoms. The van der Waals surface area contributed by atoms with Gasteiger partial charge in [0.15, 0.2) is 0 Å². The molecule has 1 atom stereocenters. The first kappa shape index (κ1) is 9.71. The SMILES string of the molecule is CC(C)[C@@H](N)c1nc2c([nH]1)CCCC2. The molecule has 0 saturated heterocycles. The van der Waals surface area contributed by atoms with E-state index in [0.29, 0.717) is 5.92 Å². The van der Waals surface area contributed by atoms with Crippen LogP contribution in [-0.4, -0.2) is 9.97 Å². The number of H-pyrrole nitrogens is 1. The molecule has 0 aromatic carbocycles. The summed E-state index contributed by atoms with van der Waals surface area (Å²) in [6.07, 6.45) is 4.82. The standard InChI is InChI=1S/C11H19N3/c1-7(2)10(12)11-13-8-5-3-4-6-9(8)14-11/h7,10H,3-6,12H2,1-2H3,(H,13,14)/t10-/m1/s1. The number of nitrogens with zero attached hydrogens (tertiary/aromatic N) is 1. The molecule has 1 aromatic rings. The molecule has 0 unspecified atom stereocenters. The Kier molecular flexibility index (Phi) is 2.59. The van der Waals surface area contributed by atoms with E-state index in [4.69, 9.17) is 5.73 Å². The lowest BCUT2D eigenvalue weighted by Crippen LogP contribution is -2.18. The number of aryl methyl sites for hydroxylation is 2. The number of rotatable bonds is 2. The highest BCUT2D eigenvalue weighted by atomic mass is 15.0. The number of aromatic amines is 1. The summed E-state index contributed by atoms with van der Waals surface area (Å²) < 4.78 is 0. The van der Waals surface area contributed by atoms with E-state index in [1.165, 1.54) is 24.2 Å². The molecule has 1 aliphatic rings. The largest absolute Gasteiger partial charge is 0.344 e. The minimum atomic E-state index is 0.0561. The second-order valence-electron chi connectivity index (χ2n) is 4.52. The molecule has 0 saturated carbocycles. The summed E-state index contributed by atoms with van der Waals surface area (Å²) in [5.41, 5.74) is 8.63. The van der Waals surface area contributed by atoms with Gasteiger partial charge in [-0.2, -0.15) is 0 Å². The van der Waals surface area contributed by atoms with Gasteiger partial charge in [0.2, 0.25) is 0 Å². The summed E-state index contributed by atoms with van der Waals surface area (Å²) in [6.45, 7) is 4.26. The number of fused-ring (bicyclic) bond motifs is 1. The fraction of sp³-hybridized carbons (Fsp3) is 0.727. The summed E-state index contributed by atoms with van der Waals surface area (Å²) in [5.74, 6) is 1.43. The molecular weight excluding hydrogens is 174 g/mol. The van der Waals surface area contributed by atoms with Crippen LogP contribution in [0.25, 0.3) is 0 Å². The minimum Gasteiger partial charge on any atom is -0.344 e. The molecule has 3 heteroatoms. The van der Waals surface area contributed by atoms with Crippen LogP contribution in [0.1, 0.15) is 49.9 Å². The lowest BCUT2D eigenvalue weighted by atomic mass is 10.0. The highest BCUT2D eigenvalue weighted by Crippen LogP contribution is 2.23. The molecule has 0 fully saturated rings. The Hall–Kier alpha value is -0.830. The van der Waals surface area contributed by atoms with E-state index >= 15 is 0 Å². The lowest BCUT2D eigenvalue weighted by Gasteiger charge is -2.11. The molecule has 1 heterocycles. The predicted octanol–water partition coefficient (Wildman–Crippen LogP) is 1.94. The number of nitrogens with one attached hydrogen (secondary N) is 1. The molecule has 0 radical (unpaired) electrons. The van der Waals surface area contributed by atoms with E-state index in [2.05, 4.69) is 23.8 Å². The number of nitrogens with two attached hydrogens (primary N) is 1. The van der Waals surface area contributed by atoms with Crippen molar-refractivity contribution >= 4 is 0 Å². The van der Waals surface area contributed by atoms with E-state index in [1.807, 2.05) is 0 Å². The molecule has 0 aliphatic heterocycles. The van der Waals surface area contributed by atoms with Gasteiger partial charge in [-0.1, -0.05) is 13.8 Å². The van der Waals surface area contributed by atoms with Crippen molar-refractivity contribution in [1.29, 1.82) is 0 Å². The van der Waals surface area contributed by atoms with Crippen molar-refractivity contribution in [2.24, 2.45) is 11.7 Å². The number of hydrogen-bond donors (Lipinski definition) is 2. The fourth-order valence-electron chi connectivity index (χ4n) is 1.95. The molecule has 3 nitrogen and oxygen atoms in total. The summed E-state index contributed by atoms with van der Waals surface area (Å²) in [5, 5.41) is 0. The average molecular weight is 193 g/mol. The summed E-state index contributed by atoms with van der Waals surface area (Å²) in [7, 11) is 0. The first-order valence-electron chi connectivity index (χ1n) is 5.51. The van der Waals surface area contributed by atoms with Gasteiger partial charge >= 0.3 is 0 Å². The third-order valence-corrected chi connectivity index (χ3v) is 3.01. The van der Waals surface area contributed by atoms with Crippen LogP contribution >= 0.6 is 0 Å². The second-order valence-corrected chi connectivity index (χ2v) is 4.52. The summed E-state index contributed by atoms with van der Waals surface area (Å²) in [6, 6.07) is 0.0561. The predicted molar refractivity (Wildman–Crippen MR) is 57.0 cm³/mol. The van der Waals surface area contributed by atoms with Crippen LogP contribution in [0, 0.1) is 5.92 Å². The Bertz CT molecular complexity index is 291. The van der Waals surface area contributed by atoms with Crippen LogP contribution in [-0.2, 0) is 12.8 Å². The van der Waals surface area contributed by atoms with Gasteiger partial charge in [0.05, 0.1) is 11.7 Å². The van der Waals surface area contributed by atoms with Gasteiger partial charge < -0.3 is 10.7 Å². The van der Waals surface area contributed by atoms with Crippen molar-refractivity contribution in [1.82, 2.24) is 9.97 Å². The van der Waals surface area contributed by atoms with Crippen LogP contribution < -0.4 is 5.73 Å². The van der Waals surface area contributed by atoms with Gasteiger partial charge in [0.1, 0.15) is 5.82 Å². The van der Waals surface area contributed by atoms with Crippen molar-refractivity contribution in [2.75, 3.05) is 0 Å². The van der Waals surface area contributed by atoms with E-state index in [9.17, 15) is 0 Å². The van der Waals surface area contributed by atoms with Gasteiger partial charge in [-0.25, -0.2) is 4.98 Å². The Morgan fingerprint density at radius 3 is 2.64 bits per heavy atom. The van der Waals surface area contributed by atoms with Crippen molar-refractivity contribution in [3.8, 4) is 0 Å². The van der Waals surface area contributed by atoms with Crippen LogP contribution in [0.4, 0.5) is 0 Å². The Labute approximate surface area is 85.1 Å². The van der Waals surface area contributed by atoms with Crippen molar-refractivity contribution in [3.63, 3.8) is 0 Å². The van der Waals surface area contributed by atoms with Crippen LogP contribution in [0.2, 0.25) is 0 Å². The van der Waals surface area contributed by atoms with Crippen molar-refractivity contribution in [3.05, 3.63) is 17.2 Å². The number of aromatic nitrogens is 2. The maximum atomic E-state index is 6.06. The second kappa shape index (κ2) is 3.73. The van der Waals surface area contributed by atoms with E-state index < -0.39 is 0 Å². The molecule has 1 aromatic heterocycles. The zero-order chi connectivity index (χ0) is 10.1. The van der Waals surface area contributed by atoms with E-state index in [0.717, 1.165) is 18.7 Å². The van der Waals surface area contributed by atoms with Crippen molar-refractivity contribution in [2.45, 2.75) is 45.6 Å². The average Bonchev–Trinajstić information content (AvgIpc) is 2.59. The molecule has 3 N–H and O–H groups in total. The summed E-state index contributed by atoms with van der Waals surface area (Å²) >= 11 is 0. The highest BCUT2D eigenvalue weighted by molar-refractivity contribution is 5.19. The van der Waals surface area contributed by atoms with Crippen LogP contribution in [0.5, 0.6) is 0 Å². The van der Waals surface area contributed by atoms with Gasteiger partial charge in [-0.15, -0.1) is 0 Å². The van der Waals surface area contributed by atoms with Gasteiger partial charge in [-0.05, 0) is 31.6 Å². The fourth-order valence-corrected chi connectivity index (χ4v) is 1.95. The van der Waals surface area contributed by atoms with E-state index in [1.54, 1.807) is 0 Å². The monoisotopic (exact) mass is 193 g/mol. The first-order valence-corrected chi connectivity index (χ1v) is 5.51. The molecule has 2 rings (SSSR count). The zero-order valence-electron chi connectivity index (χ0n) is 9.01. The van der Waals surface area contributed by atoms with E-state index in [-0.39, 0.29) is 6.04 Å². The van der Waals surface area contributed by atoms with Crippen molar-refractivity contribution < 1.29 is 0 Å². The minimum absolute atomic E-state index is 0.0561. The Balaban J connectivity index is 2.23. The Morgan fingerprint density at radius 2 is 2.00 bits per heavy atom. The highest BCUT2D eigenvalue weighted by Gasteiger charge is 2.19. The smallest absolute Gasteiger partial charge is 0.123 e. The first-order chi connectivity index (χ1) is 6.68. The molecule has 14 heavy (non-hydrogen) atoms. The number of hydrogen-bond acceptors (Lipinski definition) is 2. The topological polar surface area (TPSA) is 54.7 Å². The van der Waals surface area contributed by atoms with Gasteiger partial charge in [-0.3, -0.25) is 0 Å².